The van der Waals surface area contributed by atoms with Crippen LogP contribution in [0.5, 0.6) is 0 Å². The summed E-state index contributed by atoms with van der Waals surface area (Å²) < 4.78 is 8.55. The van der Waals surface area contributed by atoms with Gasteiger partial charge in [0, 0.05) is 0 Å². The van der Waals surface area contributed by atoms with Crippen LogP contribution < -0.4 is 20.8 Å². The fourth-order valence-corrected chi connectivity index (χ4v) is 0. The molecule has 0 bridgehead atoms. The monoisotopic (exact) mass is 122 g/mol. The van der Waals surface area contributed by atoms with E-state index in [4.69, 9.17) is 19.2 Å². The first kappa shape index (κ1) is 15.7. The molecule has 0 aliphatic carbocycles. The quantitative estimate of drug-likeness (QED) is 0.274. The topological polar surface area (TPSA) is 123 Å². The zero-order chi connectivity index (χ0) is 4.50. The van der Waals surface area contributed by atoms with Gasteiger partial charge in [0.2, 0.25) is 0 Å². The summed E-state index contributed by atoms with van der Waals surface area (Å²) in [5.74, 6) is 0. The van der Waals surface area contributed by atoms with Crippen molar-refractivity contribution in [3.63, 3.8) is 0 Å². The van der Waals surface area contributed by atoms with Crippen molar-refractivity contribution < 1.29 is 19.2 Å². The Bertz CT molecular complexity index is 57.8. The first-order chi connectivity index (χ1) is 2.00. The summed E-state index contributed by atoms with van der Waals surface area (Å²) in [7, 11) is -5.39. The molecule has 0 saturated heterocycles. The van der Waals surface area contributed by atoms with Gasteiger partial charge in [-0.15, -0.1) is 0 Å². The van der Waals surface area contributed by atoms with Gasteiger partial charge in [-0.05, 0) is 0 Å². The van der Waals surface area contributed by atoms with E-state index in [9.17, 15) is 0 Å². The maximum absolute atomic E-state index is 8.55. The average molecular weight is 122 g/mol. The van der Waals surface area contributed by atoms with Crippen LogP contribution in [0, 0.1) is 0 Å². The smallest absolute Gasteiger partial charge is 0.822 e. The Morgan fingerprint density at radius 2 is 1.14 bits per heavy atom. The fourth-order valence-electron chi connectivity index (χ4n) is 0. The molecular formula is H4BeNO4P. The van der Waals surface area contributed by atoms with Crippen LogP contribution in [0.1, 0.15) is 0 Å². The van der Waals surface area contributed by atoms with Crippen LogP contribution in [0.15, 0.2) is 0 Å². The van der Waals surface area contributed by atoms with E-state index >= 15 is 0 Å². The second kappa shape index (κ2) is 4.40. The minimum absolute atomic E-state index is 0. The SMILES string of the molecule is O=P([O-])([O-])[O-].[Be+2].[NH4+]. The molecule has 0 radical (unpaired) electrons. The average Bonchev–Trinajstić information content (AvgIpc) is 0.722. The predicted octanol–water partition coefficient (Wildman–Crippen LogP) is -2.83. The number of quaternary nitrogens is 1. The molecule has 7 heavy (non-hydrogen) atoms. The Labute approximate surface area is 44.4 Å². The summed E-state index contributed by atoms with van der Waals surface area (Å²) in [6, 6.07) is 0. The van der Waals surface area contributed by atoms with Gasteiger partial charge >= 0.3 is 10.1 Å². The molecule has 7 heteroatoms. The molecule has 0 aliphatic rings. The molecule has 0 saturated carbocycles. The van der Waals surface area contributed by atoms with Crippen molar-refractivity contribution in [1.82, 2.24) is 6.15 Å². The zero-order valence-corrected chi connectivity index (χ0v) is 4.68. The van der Waals surface area contributed by atoms with Crippen LogP contribution in [0.25, 0.3) is 0 Å². The summed E-state index contributed by atoms with van der Waals surface area (Å²) in [5.41, 5.74) is 0. The largest absolute Gasteiger partial charge is 2.00 e. The number of rotatable bonds is 0. The van der Waals surface area contributed by atoms with Gasteiger partial charge in [0.25, 0.3) is 0 Å². The van der Waals surface area contributed by atoms with Crippen molar-refractivity contribution in [3.05, 3.63) is 0 Å². The minimum Gasteiger partial charge on any atom is -0.822 e. The Kier molecular flexibility index (Phi) is 9.85. The van der Waals surface area contributed by atoms with Crippen molar-refractivity contribution in [3.8, 4) is 0 Å². The van der Waals surface area contributed by atoms with Gasteiger partial charge in [0.05, 0.1) is 0 Å². The molecule has 0 rings (SSSR count). The second-order valence-electron chi connectivity index (χ2n) is 0.447. The van der Waals surface area contributed by atoms with E-state index in [2.05, 4.69) is 0 Å². The molecular weight excluding hydrogens is 118 g/mol. The van der Waals surface area contributed by atoms with Crippen LogP contribution in [-0.4, -0.2) is 10.1 Å². The summed E-state index contributed by atoms with van der Waals surface area (Å²) in [5, 5.41) is 0. The van der Waals surface area contributed by atoms with E-state index < -0.39 is 7.82 Å². The molecule has 0 amide bonds. The van der Waals surface area contributed by atoms with Crippen LogP contribution >= 0.6 is 7.82 Å². The van der Waals surface area contributed by atoms with Crippen molar-refractivity contribution in [1.29, 1.82) is 0 Å². The molecule has 0 heterocycles. The van der Waals surface area contributed by atoms with E-state index in [1.54, 1.807) is 0 Å². The molecule has 0 atom stereocenters. The van der Waals surface area contributed by atoms with E-state index in [0.29, 0.717) is 0 Å². The maximum atomic E-state index is 8.55. The number of phosphoric acid groups is 1. The van der Waals surface area contributed by atoms with Gasteiger partial charge in [-0.2, -0.15) is 7.82 Å². The van der Waals surface area contributed by atoms with Gasteiger partial charge in [-0.25, -0.2) is 0 Å². The maximum Gasteiger partial charge on any atom is 2.00 e. The van der Waals surface area contributed by atoms with Gasteiger partial charge < -0.3 is 25.4 Å². The molecule has 0 spiro atoms. The van der Waals surface area contributed by atoms with Crippen LogP contribution in [0.2, 0.25) is 0 Å². The second-order valence-corrected chi connectivity index (χ2v) is 1.34. The van der Waals surface area contributed by atoms with Gasteiger partial charge in [-0.1, -0.05) is 0 Å². The van der Waals surface area contributed by atoms with Crippen LogP contribution in [-0.2, 0) is 4.57 Å². The third-order valence-electron chi connectivity index (χ3n) is 0. The van der Waals surface area contributed by atoms with E-state index in [1.165, 1.54) is 0 Å². The normalized spacial score (nSPS) is 8.43. The first-order valence-electron chi connectivity index (χ1n) is 0.730. The van der Waals surface area contributed by atoms with E-state index in [1.807, 2.05) is 0 Å². The van der Waals surface area contributed by atoms with Crippen molar-refractivity contribution >= 4 is 17.9 Å². The Morgan fingerprint density at radius 1 is 1.14 bits per heavy atom. The first-order valence-corrected chi connectivity index (χ1v) is 2.19. The molecule has 0 aromatic carbocycles. The number of hydrogen-bond donors (Lipinski definition) is 1. The third kappa shape index (κ3) is 1970. The zero-order valence-electron chi connectivity index (χ0n) is 3.79. The Hall–Kier alpha value is 0.239. The van der Waals surface area contributed by atoms with Gasteiger partial charge in [0.15, 0.2) is 0 Å². The van der Waals surface area contributed by atoms with Crippen molar-refractivity contribution in [2.75, 3.05) is 0 Å². The van der Waals surface area contributed by atoms with E-state index in [0.717, 1.165) is 0 Å². The van der Waals surface area contributed by atoms with Gasteiger partial charge in [0.1, 0.15) is 0 Å². The molecule has 4 N–H and O–H groups in total. The van der Waals surface area contributed by atoms with Crippen LogP contribution in [0.4, 0.5) is 0 Å². The Morgan fingerprint density at radius 3 is 1.14 bits per heavy atom. The molecule has 0 aromatic rings. The fraction of sp³-hybridized carbons (Fsp3) is 0. The molecule has 5 nitrogen and oxygen atoms in total. The number of hydrogen-bond acceptors (Lipinski definition) is 4. The molecule has 0 unspecified atom stereocenters. The molecule has 40 valence electrons. The third-order valence-corrected chi connectivity index (χ3v) is 0. The van der Waals surface area contributed by atoms with Gasteiger partial charge in [-0.3, -0.25) is 0 Å². The summed E-state index contributed by atoms with van der Waals surface area (Å²) >= 11 is 0. The molecule has 0 fully saturated rings. The van der Waals surface area contributed by atoms with Crippen molar-refractivity contribution in [2.24, 2.45) is 0 Å². The molecule has 0 aliphatic heterocycles. The minimum atomic E-state index is -5.39. The standard InChI is InChI=1S/Be.H3N.H3O4P/c;;1-5(2,3)4/h;1H3;(H3,1,2,3,4)/q+2;;/p-2. The summed E-state index contributed by atoms with van der Waals surface area (Å²) in [6.07, 6.45) is 0. The van der Waals surface area contributed by atoms with E-state index in [-0.39, 0.29) is 16.3 Å². The summed E-state index contributed by atoms with van der Waals surface area (Å²) in [4.78, 5) is 25.6. The molecule has 0 aromatic heterocycles. The van der Waals surface area contributed by atoms with Crippen molar-refractivity contribution in [2.45, 2.75) is 0 Å². The summed E-state index contributed by atoms with van der Waals surface area (Å²) in [6.45, 7) is 0. The van der Waals surface area contributed by atoms with Crippen LogP contribution in [0.3, 0.4) is 0 Å². The Balaban J connectivity index is -0.0000000800. The predicted molar refractivity (Wildman–Crippen MR) is 19.3 cm³/mol.